The van der Waals surface area contributed by atoms with E-state index in [4.69, 9.17) is 12.2 Å². The summed E-state index contributed by atoms with van der Waals surface area (Å²) in [5.41, 5.74) is 0.278. The summed E-state index contributed by atoms with van der Waals surface area (Å²) in [6, 6.07) is 10.3. The number of nitrogens with zero attached hydrogens (tertiary/aromatic N) is 1. The molecule has 0 radical (unpaired) electrons. The monoisotopic (exact) mass is 277 g/mol. The lowest BCUT2D eigenvalue weighted by molar-refractivity contribution is -0.0991. The average Bonchev–Trinajstić information content (AvgIpc) is 2.40. The normalized spacial score (nSPS) is 35.2. The van der Waals surface area contributed by atoms with E-state index in [0.29, 0.717) is 11.5 Å². The Kier molecular flexibility index (Phi) is 3.20. The van der Waals surface area contributed by atoms with Gasteiger partial charge in [0.1, 0.15) is 5.72 Å². The summed E-state index contributed by atoms with van der Waals surface area (Å²) in [4.78, 5) is 2.26. The molecular weight excluding hydrogens is 258 g/mol. The molecule has 2 heterocycles. The van der Waals surface area contributed by atoms with Crippen molar-refractivity contribution in [2.45, 2.75) is 18.2 Å². The SMILES string of the molecule is CN1CCC2(O)NC(=S)NC(c3ccccc3)C2C1. The van der Waals surface area contributed by atoms with Gasteiger partial charge in [0.25, 0.3) is 0 Å². The van der Waals surface area contributed by atoms with Crippen LogP contribution in [0.1, 0.15) is 18.0 Å². The van der Waals surface area contributed by atoms with Crippen LogP contribution in [0.25, 0.3) is 0 Å². The fraction of sp³-hybridized carbons (Fsp3) is 0.500. The fourth-order valence-electron chi connectivity index (χ4n) is 3.11. The summed E-state index contributed by atoms with van der Waals surface area (Å²) < 4.78 is 0. The fourth-order valence-corrected chi connectivity index (χ4v) is 3.42. The van der Waals surface area contributed by atoms with Crippen molar-refractivity contribution in [1.82, 2.24) is 15.5 Å². The first-order chi connectivity index (χ1) is 9.08. The van der Waals surface area contributed by atoms with Gasteiger partial charge >= 0.3 is 0 Å². The Morgan fingerprint density at radius 2 is 2.11 bits per heavy atom. The number of hydrogen-bond acceptors (Lipinski definition) is 3. The minimum Gasteiger partial charge on any atom is -0.371 e. The van der Waals surface area contributed by atoms with E-state index >= 15 is 0 Å². The predicted molar refractivity (Wildman–Crippen MR) is 78.6 cm³/mol. The summed E-state index contributed by atoms with van der Waals surface area (Å²) in [6.45, 7) is 1.72. The van der Waals surface area contributed by atoms with Crippen LogP contribution in [0, 0.1) is 5.92 Å². The molecule has 0 aliphatic carbocycles. The van der Waals surface area contributed by atoms with E-state index in [0.717, 1.165) is 13.1 Å². The predicted octanol–water partition coefficient (Wildman–Crippen LogP) is 0.846. The maximum atomic E-state index is 10.8. The minimum absolute atomic E-state index is 0.0581. The molecule has 2 aliphatic heterocycles. The van der Waals surface area contributed by atoms with Crippen LogP contribution in [0.2, 0.25) is 0 Å². The maximum Gasteiger partial charge on any atom is 0.169 e. The van der Waals surface area contributed by atoms with Crippen molar-refractivity contribution in [3.63, 3.8) is 0 Å². The van der Waals surface area contributed by atoms with Gasteiger partial charge in [0, 0.05) is 25.4 Å². The lowest BCUT2D eigenvalue weighted by Gasteiger charge is -2.51. The third-order valence-corrected chi connectivity index (χ3v) is 4.39. The summed E-state index contributed by atoms with van der Waals surface area (Å²) in [7, 11) is 2.09. The Balaban J connectivity index is 1.95. The molecule has 0 amide bonds. The Hall–Kier alpha value is -1.17. The molecule has 3 atom stereocenters. The molecule has 3 unspecified atom stereocenters. The van der Waals surface area contributed by atoms with Crippen LogP contribution >= 0.6 is 12.2 Å². The zero-order valence-corrected chi connectivity index (χ0v) is 11.8. The van der Waals surface area contributed by atoms with Gasteiger partial charge < -0.3 is 20.6 Å². The smallest absolute Gasteiger partial charge is 0.169 e. The molecule has 19 heavy (non-hydrogen) atoms. The van der Waals surface area contributed by atoms with Gasteiger partial charge in [-0.05, 0) is 24.8 Å². The molecule has 4 nitrogen and oxygen atoms in total. The topological polar surface area (TPSA) is 47.5 Å². The second-order valence-corrected chi connectivity index (χ2v) is 5.94. The molecule has 3 rings (SSSR count). The Morgan fingerprint density at radius 3 is 2.84 bits per heavy atom. The molecule has 102 valence electrons. The average molecular weight is 277 g/mol. The third-order valence-electron chi connectivity index (χ3n) is 4.17. The van der Waals surface area contributed by atoms with Crippen molar-refractivity contribution in [3.8, 4) is 0 Å². The molecule has 1 aromatic carbocycles. The number of rotatable bonds is 1. The molecule has 2 aliphatic rings. The second-order valence-electron chi connectivity index (χ2n) is 5.53. The van der Waals surface area contributed by atoms with E-state index in [2.05, 4.69) is 34.7 Å². The van der Waals surface area contributed by atoms with E-state index in [1.807, 2.05) is 18.2 Å². The number of fused-ring (bicyclic) bond motifs is 1. The second kappa shape index (κ2) is 4.74. The first-order valence-electron chi connectivity index (χ1n) is 6.63. The standard InChI is InChI=1S/C14H19N3OS/c1-17-8-7-14(18)11(9-17)12(15-13(19)16-14)10-5-3-2-4-6-10/h2-6,11-12,18H,7-9H2,1H3,(H2,15,16,19). The Morgan fingerprint density at radius 1 is 1.37 bits per heavy atom. The van der Waals surface area contributed by atoms with Crippen LogP contribution < -0.4 is 10.6 Å². The van der Waals surface area contributed by atoms with Gasteiger partial charge in [-0.1, -0.05) is 30.3 Å². The number of aliphatic hydroxyl groups is 1. The van der Waals surface area contributed by atoms with Crippen molar-refractivity contribution in [1.29, 1.82) is 0 Å². The quantitative estimate of drug-likeness (QED) is 0.664. The number of likely N-dealkylation sites (tertiary alicyclic amines) is 1. The van der Waals surface area contributed by atoms with Crippen molar-refractivity contribution < 1.29 is 5.11 Å². The van der Waals surface area contributed by atoms with Crippen LogP contribution in [0.5, 0.6) is 0 Å². The lowest BCUT2D eigenvalue weighted by atomic mass is 9.78. The molecule has 0 aromatic heterocycles. The first kappa shape index (κ1) is 12.8. The van der Waals surface area contributed by atoms with E-state index in [9.17, 15) is 5.11 Å². The molecule has 2 saturated heterocycles. The van der Waals surface area contributed by atoms with Gasteiger partial charge in [-0.15, -0.1) is 0 Å². The van der Waals surface area contributed by atoms with Gasteiger partial charge in [-0.3, -0.25) is 0 Å². The van der Waals surface area contributed by atoms with Gasteiger partial charge in [0.05, 0.1) is 6.04 Å². The van der Waals surface area contributed by atoms with Crippen molar-refractivity contribution in [2.24, 2.45) is 5.92 Å². The van der Waals surface area contributed by atoms with E-state index in [1.54, 1.807) is 0 Å². The molecule has 2 fully saturated rings. The van der Waals surface area contributed by atoms with Gasteiger partial charge in [0.2, 0.25) is 0 Å². The maximum absolute atomic E-state index is 10.8. The minimum atomic E-state index is -0.894. The van der Waals surface area contributed by atoms with Crippen molar-refractivity contribution in [3.05, 3.63) is 35.9 Å². The largest absolute Gasteiger partial charge is 0.371 e. The van der Waals surface area contributed by atoms with E-state index in [1.165, 1.54) is 5.56 Å². The summed E-state index contributed by atoms with van der Waals surface area (Å²) in [6.07, 6.45) is 0.694. The Labute approximate surface area is 118 Å². The van der Waals surface area contributed by atoms with Crippen LogP contribution in [0.4, 0.5) is 0 Å². The number of benzene rings is 1. The van der Waals surface area contributed by atoms with Crippen LogP contribution in [0.15, 0.2) is 30.3 Å². The number of nitrogens with one attached hydrogen (secondary N) is 2. The van der Waals surface area contributed by atoms with Gasteiger partial charge in [0.15, 0.2) is 5.11 Å². The number of thiocarbonyl (C=S) groups is 1. The third kappa shape index (κ3) is 2.33. The van der Waals surface area contributed by atoms with E-state index < -0.39 is 5.72 Å². The molecule has 5 heteroatoms. The number of piperidine rings is 1. The zero-order valence-electron chi connectivity index (χ0n) is 11.0. The summed E-state index contributed by atoms with van der Waals surface area (Å²) in [5, 5.41) is 17.8. The van der Waals surface area contributed by atoms with E-state index in [-0.39, 0.29) is 12.0 Å². The summed E-state index contributed by atoms with van der Waals surface area (Å²) in [5.74, 6) is 0.0837. The highest BCUT2D eigenvalue weighted by Crippen LogP contribution is 2.37. The summed E-state index contributed by atoms with van der Waals surface area (Å²) >= 11 is 5.26. The highest BCUT2D eigenvalue weighted by Gasteiger charge is 2.48. The van der Waals surface area contributed by atoms with Crippen LogP contribution in [-0.4, -0.2) is 41.0 Å². The lowest BCUT2D eigenvalue weighted by Crippen LogP contribution is -2.69. The van der Waals surface area contributed by atoms with Gasteiger partial charge in [-0.2, -0.15) is 0 Å². The molecule has 0 bridgehead atoms. The first-order valence-corrected chi connectivity index (χ1v) is 7.04. The number of hydrogen-bond donors (Lipinski definition) is 3. The van der Waals surface area contributed by atoms with Crippen molar-refractivity contribution in [2.75, 3.05) is 20.1 Å². The highest BCUT2D eigenvalue weighted by molar-refractivity contribution is 7.80. The van der Waals surface area contributed by atoms with Crippen LogP contribution in [-0.2, 0) is 0 Å². The highest BCUT2D eigenvalue weighted by atomic mass is 32.1. The zero-order chi connectivity index (χ0) is 13.5. The molecule has 0 saturated carbocycles. The van der Waals surface area contributed by atoms with Gasteiger partial charge in [-0.25, -0.2) is 0 Å². The molecule has 1 aromatic rings. The molecular formula is C14H19N3OS. The van der Waals surface area contributed by atoms with Crippen LogP contribution in [0.3, 0.4) is 0 Å². The van der Waals surface area contributed by atoms with Crippen molar-refractivity contribution >= 4 is 17.3 Å². The Bertz CT molecular complexity index is 481. The molecule has 3 N–H and O–H groups in total. The molecule has 0 spiro atoms.